The van der Waals surface area contributed by atoms with Crippen LogP contribution in [0.1, 0.15) is 19.8 Å². The van der Waals surface area contributed by atoms with Gasteiger partial charge in [-0.1, -0.05) is 24.9 Å². The van der Waals surface area contributed by atoms with E-state index in [0.717, 1.165) is 12.8 Å². The Morgan fingerprint density at radius 3 is 2.82 bits per heavy atom. The maximum Gasteiger partial charge on any atom is 0.368 e. The number of hydrogen-bond acceptors (Lipinski definition) is 2. The lowest BCUT2D eigenvalue weighted by Gasteiger charge is -1.99. The molecule has 0 saturated carbocycles. The second-order valence-electron chi connectivity index (χ2n) is 1.95. The molecule has 0 fully saturated rings. The molecule has 0 aromatic carbocycles. The highest BCUT2D eigenvalue weighted by Crippen LogP contribution is 2.02. The van der Waals surface area contributed by atoms with Crippen molar-refractivity contribution < 1.29 is 13.9 Å². The number of hydrogen-bond donors (Lipinski definition) is 0. The Hall–Kier alpha value is -0.570. The minimum Gasteiger partial charge on any atom is -0.460 e. The van der Waals surface area contributed by atoms with E-state index in [4.69, 9.17) is 11.6 Å². The van der Waals surface area contributed by atoms with Gasteiger partial charge in [0.05, 0.1) is 6.61 Å². The molecule has 0 aromatic heterocycles. The summed E-state index contributed by atoms with van der Waals surface area (Å²) in [6, 6.07) is 0. The fourth-order valence-corrected chi connectivity index (χ4v) is 0.512. The van der Waals surface area contributed by atoms with Gasteiger partial charge in [0.1, 0.15) is 0 Å². The highest BCUT2D eigenvalue weighted by molar-refractivity contribution is 6.27. The van der Waals surface area contributed by atoms with E-state index in [-0.39, 0.29) is 6.61 Å². The minimum absolute atomic E-state index is 0.244. The van der Waals surface area contributed by atoms with Gasteiger partial charge in [0.25, 0.3) is 0 Å². The van der Waals surface area contributed by atoms with Crippen molar-refractivity contribution in [2.75, 3.05) is 6.61 Å². The smallest absolute Gasteiger partial charge is 0.368 e. The fourth-order valence-electron chi connectivity index (χ4n) is 0.423. The van der Waals surface area contributed by atoms with Gasteiger partial charge in [0.2, 0.25) is 5.83 Å². The average molecular weight is 181 g/mol. The number of carbonyl (C=O) groups is 1. The molecule has 0 heterocycles. The Kier molecular flexibility index (Phi) is 5.84. The van der Waals surface area contributed by atoms with Crippen LogP contribution in [0.3, 0.4) is 0 Å². The molecular weight excluding hydrogens is 171 g/mol. The van der Waals surface area contributed by atoms with Crippen molar-refractivity contribution in [3.05, 3.63) is 11.4 Å². The molecule has 0 saturated heterocycles. The molecule has 0 spiro atoms. The molecule has 0 aromatic rings. The van der Waals surface area contributed by atoms with Crippen LogP contribution < -0.4 is 0 Å². The van der Waals surface area contributed by atoms with Crippen LogP contribution in [-0.2, 0) is 9.53 Å². The molecule has 0 unspecified atom stereocenters. The predicted molar refractivity (Wildman–Crippen MR) is 40.9 cm³/mol. The van der Waals surface area contributed by atoms with Crippen LogP contribution in [-0.4, -0.2) is 12.6 Å². The molecule has 0 amide bonds. The average Bonchev–Trinajstić information content (AvgIpc) is 2.03. The second-order valence-corrected chi connectivity index (χ2v) is 2.16. The summed E-state index contributed by atoms with van der Waals surface area (Å²) >= 11 is 4.92. The van der Waals surface area contributed by atoms with Crippen LogP contribution in [0, 0.1) is 0 Å². The van der Waals surface area contributed by atoms with Crippen LogP contribution in [0.25, 0.3) is 0 Å². The van der Waals surface area contributed by atoms with Crippen molar-refractivity contribution in [1.82, 2.24) is 0 Å². The van der Waals surface area contributed by atoms with Gasteiger partial charge in [-0.2, -0.15) is 4.39 Å². The zero-order chi connectivity index (χ0) is 8.69. The molecule has 0 N–H and O–H groups in total. The van der Waals surface area contributed by atoms with Crippen LogP contribution in [0.5, 0.6) is 0 Å². The summed E-state index contributed by atoms with van der Waals surface area (Å²) in [4.78, 5) is 10.5. The standard InChI is InChI=1S/C7H10ClFO2/c1-2-3-4-11-7(10)6(9)5-8/h5H,2-4H2,1H3/b6-5+. The maximum absolute atomic E-state index is 12.2. The first-order chi connectivity index (χ1) is 5.22. The van der Waals surface area contributed by atoms with E-state index in [2.05, 4.69) is 4.74 Å². The third-order valence-corrected chi connectivity index (χ3v) is 1.21. The van der Waals surface area contributed by atoms with E-state index in [1.807, 2.05) is 6.92 Å². The Balaban J connectivity index is 3.53. The number of unbranched alkanes of at least 4 members (excludes halogenated alkanes) is 1. The predicted octanol–water partition coefficient (Wildman–Crippen LogP) is 2.38. The summed E-state index contributed by atoms with van der Waals surface area (Å²) in [7, 11) is 0. The monoisotopic (exact) mass is 180 g/mol. The first-order valence-electron chi connectivity index (χ1n) is 3.35. The Labute approximate surface area is 70.0 Å². The molecule has 0 aliphatic rings. The van der Waals surface area contributed by atoms with Gasteiger partial charge in [-0.3, -0.25) is 0 Å². The molecule has 0 atom stereocenters. The topological polar surface area (TPSA) is 26.3 Å². The van der Waals surface area contributed by atoms with Gasteiger partial charge in [-0.15, -0.1) is 0 Å². The fraction of sp³-hybridized carbons (Fsp3) is 0.571. The Bertz CT molecular complexity index is 157. The van der Waals surface area contributed by atoms with Gasteiger partial charge in [-0.05, 0) is 6.42 Å². The summed E-state index contributed by atoms with van der Waals surface area (Å²) in [6.45, 7) is 2.19. The number of esters is 1. The number of halogens is 2. The molecule has 0 bridgehead atoms. The van der Waals surface area contributed by atoms with Gasteiger partial charge in [-0.25, -0.2) is 4.79 Å². The highest BCUT2D eigenvalue weighted by atomic mass is 35.5. The largest absolute Gasteiger partial charge is 0.460 e. The molecule has 4 heteroatoms. The third-order valence-electron chi connectivity index (χ3n) is 1.02. The lowest BCUT2D eigenvalue weighted by Crippen LogP contribution is -2.05. The van der Waals surface area contributed by atoms with E-state index in [1.54, 1.807) is 0 Å². The third kappa shape index (κ3) is 4.79. The van der Waals surface area contributed by atoms with Crippen molar-refractivity contribution in [3.8, 4) is 0 Å². The summed E-state index contributed by atoms with van der Waals surface area (Å²) in [5.74, 6) is -2.05. The molecule has 64 valence electrons. The Morgan fingerprint density at radius 1 is 1.73 bits per heavy atom. The SMILES string of the molecule is CCCCOC(=O)/C(F)=C\Cl. The number of rotatable bonds is 4. The molecular formula is C7H10ClFO2. The second kappa shape index (κ2) is 6.16. The van der Waals surface area contributed by atoms with E-state index in [1.165, 1.54) is 0 Å². The molecule has 0 aliphatic heterocycles. The van der Waals surface area contributed by atoms with Crippen molar-refractivity contribution >= 4 is 17.6 Å². The summed E-state index contributed by atoms with van der Waals surface area (Å²) < 4.78 is 16.7. The van der Waals surface area contributed by atoms with E-state index >= 15 is 0 Å². The van der Waals surface area contributed by atoms with Gasteiger partial charge >= 0.3 is 5.97 Å². The molecule has 0 rings (SSSR count). The number of carbonyl (C=O) groups excluding carboxylic acids is 1. The van der Waals surface area contributed by atoms with E-state index in [9.17, 15) is 9.18 Å². The molecule has 11 heavy (non-hydrogen) atoms. The molecule has 0 aliphatic carbocycles. The Morgan fingerprint density at radius 2 is 2.36 bits per heavy atom. The first-order valence-corrected chi connectivity index (χ1v) is 3.79. The highest BCUT2D eigenvalue weighted by Gasteiger charge is 2.07. The van der Waals surface area contributed by atoms with Crippen LogP contribution in [0.4, 0.5) is 4.39 Å². The van der Waals surface area contributed by atoms with Crippen molar-refractivity contribution in [1.29, 1.82) is 0 Å². The van der Waals surface area contributed by atoms with Crippen LogP contribution in [0.2, 0.25) is 0 Å². The zero-order valence-corrected chi connectivity index (χ0v) is 7.03. The summed E-state index contributed by atoms with van der Waals surface area (Å²) in [6.07, 6.45) is 1.64. The van der Waals surface area contributed by atoms with Crippen molar-refractivity contribution in [3.63, 3.8) is 0 Å². The van der Waals surface area contributed by atoms with Crippen molar-refractivity contribution in [2.45, 2.75) is 19.8 Å². The lowest BCUT2D eigenvalue weighted by atomic mass is 10.4. The van der Waals surface area contributed by atoms with Crippen molar-refractivity contribution in [2.24, 2.45) is 0 Å². The quantitative estimate of drug-likeness (QED) is 0.377. The zero-order valence-electron chi connectivity index (χ0n) is 6.27. The maximum atomic E-state index is 12.2. The van der Waals surface area contributed by atoms with Gasteiger partial charge < -0.3 is 4.74 Å². The number of ether oxygens (including phenoxy) is 1. The van der Waals surface area contributed by atoms with E-state index in [0.29, 0.717) is 5.54 Å². The summed E-state index contributed by atoms with van der Waals surface area (Å²) in [5.41, 5.74) is 0.564. The van der Waals surface area contributed by atoms with E-state index < -0.39 is 11.8 Å². The normalized spacial score (nSPS) is 11.4. The lowest BCUT2D eigenvalue weighted by molar-refractivity contribution is -0.140. The first kappa shape index (κ1) is 10.4. The minimum atomic E-state index is -1.05. The van der Waals surface area contributed by atoms with Gasteiger partial charge in [0.15, 0.2) is 0 Å². The molecule has 2 nitrogen and oxygen atoms in total. The van der Waals surface area contributed by atoms with Crippen LogP contribution in [0.15, 0.2) is 11.4 Å². The van der Waals surface area contributed by atoms with Crippen LogP contribution >= 0.6 is 11.6 Å². The molecule has 0 radical (unpaired) electrons. The summed E-state index contributed by atoms with van der Waals surface area (Å²) in [5, 5.41) is 0. The van der Waals surface area contributed by atoms with Gasteiger partial charge in [0, 0.05) is 5.54 Å².